The first-order chi connectivity index (χ1) is 7.62. The van der Waals surface area contributed by atoms with Crippen molar-refractivity contribution in [1.82, 2.24) is 0 Å². The minimum absolute atomic E-state index is 0.280. The molecule has 0 rings (SSSR count). The van der Waals surface area contributed by atoms with E-state index in [2.05, 4.69) is 4.74 Å². The summed E-state index contributed by atoms with van der Waals surface area (Å²) in [6.07, 6.45) is -2.69. The van der Waals surface area contributed by atoms with Crippen LogP contribution in [-0.4, -0.2) is 24.2 Å². The second kappa shape index (κ2) is 6.39. The van der Waals surface area contributed by atoms with Crippen molar-refractivity contribution in [2.24, 2.45) is 11.7 Å². The van der Waals surface area contributed by atoms with Gasteiger partial charge in [0.25, 0.3) is 0 Å². The van der Waals surface area contributed by atoms with Crippen molar-refractivity contribution in [3.63, 3.8) is 0 Å². The van der Waals surface area contributed by atoms with Gasteiger partial charge in [-0.15, -0.1) is 0 Å². The molecule has 0 fully saturated rings. The SMILES string of the molecule is CC(C)C[C@H](N)/C=C/C(=O)OC(=O)C(F)(F)F. The Balaban J connectivity index is 4.19. The molecule has 0 amide bonds. The Morgan fingerprint density at radius 3 is 2.29 bits per heavy atom. The van der Waals surface area contributed by atoms with Gasteiger partial charge in [-0.25, -0.2) is 9.59 Å². The van der Waals surface area contributed by atoms with Crippen molar-refractivity contribution in [3.8, 4) is 0 Å². The molecule has 4 nitrogen and oxygen atoms in total. The maximum absolute atomic E-state index is 11.7. The van der Waals surface area contributed by atoms with Gasteiger partial charge < -0.3 is 10.5 Å². The van der Waals surface area contributed by atoms with E-state index in [-0.39, 0.29) is 5.92 Å². The summed E-state index contributed by atoms with van der Waals surface area (Å²) < 4.78 is 38.6. The van der Waals surface area contributed by atoms with Crippen LogP contribution in [0.2, 0.25) is 0 Å². The Morgan fingerprint density at radius 2 is 1.88 bits per heavy atom. The van der Waals surface area contributed by atoms with Crippen LogP contribution in [0.3, 0.4) is 0 Å². The molecule has 2 N–H and O–H groups in total. The fourth-order valence-corrected chi connectivity index (χ4v) is 1.01. The molecule has 98 valence electrons. The van der Waals surface area contributed by atoms with E-state index < -0.39 is 24.2 Å². The van der Waals surface area contributed by atoms with Crippen LogP contribution in [0.15, 0.2) is 12.2 Å². The summed E-state index contributed by atoms with van der Waals surface area (Å²) in [5.41, 5.74) is 5.54. The average Bonchev–Trinajstić information content (AvgIpc) is 2.12. The molecule has 0 aromatic rings. The Kier molecular flexibility index (Phi) is 5.87. The van der Waals surface area contributed by atoms with E-state index >= 15 is 0 Å². The number of carbonyl (C=O) groups excluding carboxylic acids is 2. The third-order valence-corrected chi connectivity index (χ3v) is 1.65. The van der Waals surface area contributed by atoms with Gasteiger partial charge in [0, 0.05) is 12.1 Å². The highest BCUT2D eigenvalue weighted by Gasteiger charge is 2.42. The first kappa shape index (κ1) is 15.6. The number of hydrogen-bond acceptors (Lipinski definition) is 4. The van der Waals surface area contributed by atoms with Crippen molar-refractivity contribution < 1.29 is 27.5 Å². The predicted octanol–water partition coefficient (Wildman–Crippen LogP) is 1.55. The molecule has 7 heteroatoms. The van der Waals surface area contributed by atoms with Gasteiger partial charge in [0.15, 0.2) is 0 Å². The topological polar surface area (TPSA) is 69.4 Å². The van der Waals surface area contributed by atoms with E-state index in [0.717, 1.165) is 6.08 Å². The molecule has 0 heterocycles. The van der Waals surface area contributed by atoms with Crippen LogP contribution in [-0.2, 0) is 14.3 Å². The minimum Gasteiger partial charge on any atom is -0.383 e. The van der Waals surface area contributed by atoms with Gasteiger partial charge >= 0.3 is 18.1 Å². The first-order valence-electron chi connectivity index (χ1n) is 4.89. The summed E-state index contributed by atoms with van der Waals surface area (Å²) in [5.74, 6) is -3.64. The first-order valence-corrected chi connectivity index (χ1v) is 4.89. The van der Waals surface area contributed by atoms with Crippen LogP contribution in [0.5, 0.6) is 0 Å². The summed E-state index contributed by atoms with van der Waals surface area (Å²) in [6, 6.07) is -0.469. The summed E-state index contributed by atoms with van der Waals surface area (Å²) >= 11 is 0. The molecule has 0 aliphatic rings. The fraction of sp³-hybridized carbons (Fsp3) is 0.600. The van der Waals surface area contributed by atoms with Crippen LogP contribution < -0.4 is 5.73 Å². The number of alkyl halides is 3. The van der Waals surface area contributed by atoms with E-state index in [1.54, 1.807) is 0 Å². The average molecular weight is 253 g/mol. The molecule has 0 saturated carbocycles. The van der Waals surface area contributed by atoms with Crippen molar-refractivity contribution in [3.05, 3.63) is 12.2 Å². The van der Waals surface area contributed by atoms with Crippen molar-refractivity contribution in [2.45, 2.75) is 32.5 Å². The second-order valence-corrected chi connectivity index (χ2v) is 3.86. The third-order valence-electron chi connectivity index (χ3n) is 1.65. The van der Waals surface area contributed by atoms with Crippen molar-refractivity contribution >= 4 is 11.9 Å². The lowest BCUT2D eigenvalue weighted by Gasteiger charge is -2.08. The van der Waals surface area contributed by atoms with Crippen molar-refractivity contribution in [2.75, 3.05) is 0 Å². The molecular formula is C10H14F3NO3. The van der Waals surface area contributed by atoms with Gasteiger partial charge in [-0.05, 0) is 12.3 Å². The van der Waals surface area contributed by atoms with Gasteiger partial charge in [0.1, 0.15) is 0 Å². The van der Waals surface area contributed by atoms with Gasteiger partial charge in [0.05, 0.1) is 0 Å². The molecule has 0 unspecified atom stereocenters. The monoisotopic (exact) mass is 253 g/mol. The highest BCUT2D eigenvalue weighted by Crippen LogP contribution is 2.16. The number of nitrogens with two attached hydrogens (primary N) is 1. The molecular weight excluding hydrogens is 239 g/mol. The van der Waals surface area contributed by atoms with E-state index in [0.29, 0.717) is 6.42 Å². The summed E-state index contributed by atoms with van der Waals surface area (Å²) in [7, 11) is 0. The third kappa shape index (κ3) is 7.51. The van der Waals surface area contributed by atoms with E-state index in [4.69, 9.17) is 5.73 Å². The Morgan fingerprint density at radius 1 is 1.35 bits per heavy atom. The van der Waals surface area contributed by atoms with Gasteiger partial charge in [-0.2, -0.15) is 13.2 Å². The molecule has 0 aliphatic heterocycles. The van der Waals surface area contributed by atoms with Crippen LogP contribution in [0.25, 0.3) is 0 Å². The second-order valence-electron chi connectivity index (χ2n) is 3.86. The van der Waals surface area contributed by atoms with Gasteiger partial charge in [-0.3, -0.25) is 0 Å². The number of ether oxygens (including phenoxy) is 1. The van der Waals surface area contributed by atoms with Gasteiger partial charge in [-0.1, -0.05) is 19.9 Å². The van der Waals surface area contributed by atoms with Crippen LogP contribution in [0.4, 0.5) is 13.2 Å². The Bertz CT molecular complexity index is 310. The maximum Gasteiger partial charge on any atom is 0.491 e. The quantitative estimate of drug-likeness (QED) is 0.469. The number of carbonyl (C=O) groups is 2. The molecule has 0 aromatic carbocycles. The molecule has 0 bridgehead atoms. The van der Waals surface area contributed by atoms with Crippen LogP contribution in [0, 0.1) is 5.92 Å². The van der Waals surface area contributed by atoms with Crippen LogP contribution in [0.1, 0.15) is 20.3 Å². The molecule has 0 aliphatic carbocycles. The summed E-state index contributed by atoms with van der Waals surface area (Å²) in [6.45, 7) is 3.80. The number of hydrogen-bond donors (Lipinski definition) is 1. The molecule has 1 atom stereocenters. The number of esters is 2. The molecule has 0 saturated heterocycles. The standard InChI is InChI=1S/C10H14F3NO3/c1-6(2)5-7(14)3-4-8(15)17-9(16)10(11,12)13/h3-4,6-7H,5,14H2,1-2H3/b4-3+/t7-/m1/s1. The molecule has 0 spiro atoms. The number of rotatable bonds is 4. The minimum atomic E-state index is -5.18. The smallest absolute Gasteiger partial charge is 0.383 e. The zero-order chi connectivity index (χ0) is 13.6. The summed E-state index contributed by atoms with van der Waals surface area (Å²) in [5, 5.41) is 0. The Hall–Kier alpha value is -1.37. The lowest BCUT2D eigenvalue weighted by Crippen LogP contribution is -2.27. The lowest BCUT2D eigenvalue weighted by molar-refractivity contribution is -0.200. The van der Waals surface area contributed by atoms with E-state index in [9.17, 15) is 22.8 Å². The zero-order valence-corrected chi connectivity index (χ0v) is 9.45. The fourth-order valence-electron chi connectivity index (χ4n) is 1.01. The van der Waals surface area contributed by atoms with E-state index in [1.807, 2.05) is 13.8 Å². The number of halogens is 3. The highest BCUT2D eigenvalue weighted by atomic mass is 19.4. The molecule has 0 aromatic heterocycles. The lowest BCUT2D eigenvalue weighted by atomic mass is 10.0. The Labute approximate surface area is 96.6 Å². The summed E-state index contributed by atoms with van der Waals surface area (Å²) in [4.78, 5) is 21.1. The van der Waals surface area contributed by atoms with E-state index in [1.165, 1.54) is 6.08 Å². The van der Waals surface area contributed by atoms with Gasteiger partial charge in [0.2, 0.25) is 0 Å². The molecule has 0 radical (unpaired) electrons. The maximum atomic E-state index is 11.7. The van der Waals surface area contributed by atoms with Crippen molar-refractivity contribution in [1.29, 1.82) is 0 Å². The highest BCUT2D eigenvalue weighted by molar-refractivity contribution is 5.93. The predicted molar refractivity (Wildman–Crippen MR) is 53.7 cm³/mol. The largest absolute Gasteiger partial charge is 0.491 e. The molecule has 17 heavy (non-hydrogen) atoms. The normalized spacial score (nSPS) is 14.1. The van der Waals surface area contributed by atoms with Crippen LogP contribution >= 0.6 is 0 Å². The zero-order valence-electron chi connectivity index (χ0n) is 9.45.